The van der Waals surface area contributed by atoms with Gasteiger partial charge in [0.1, 0.15) is 17.1 Å². The van der Waals surface area contributed by atoms with E-state index in [2.05, 4.69) is 0 Å². The quantitative estimate of drug-likeness (QED) is 0.202. The van der Waals surface area contributed by atoms with Crippen LogP contribution in [0.15, 0.2) is 63.8 Å². The van der Waals surface area contributed by atoms with Crippen LogP contribution in [-0.2, 0) is 6.18 Å². The number of carbonyl (C=O) groups excluding carboxylic acids is 1. The first kappa shape index (κ1) is 24.6. The molecule has 0 unspecified atom stereocenters. The molecule has 0 atom stereocenters. The molecule has 180 valence electrons. The zero-order valence-electron chi connectivity index (χ0n) is 18.1. The lowest BCUT2D eigenvalue weighted by molar-refractivity contribution is -0.154. The van der Waals surface area contributed by atoms with Gasteiger partial charge in [0.05, 0.1) is 16.0 Å². The Morgan fingerprint density at radius 3 is 2.40 bits per heavy atom. The second-order valence-electron chi connectivity index (χ2n) is 7.63. The average molecular weight is 523 g/mol. The Morgan fingerprint density at radius 1 is 0.971 bits per heavy atom. The van der Waals surface area contributed by atoms with Crippen molar-refractivity contribution in [1.82, 2.24) is 0 Å². The van der Waals surface area contributed by atoms with Crippen LogP contribution in [-0.4, -0.2) is 5.97 Å². The predicted molar refractivity (Wildman–Crippen MR) is 125 cm³/mol. The van der Waals surface area contributed by atoms with Gasteiger partial charge in [-0.3, -0.25) is 4.79 Å². The second-order valence-corrected chi connectivity index (χ2v) is 8.47. The highest BCUT2D eigenvalue weighted by molar-refractivity contribution is 6.36. The standard InChI is InChI=1S/C25H15Cl2F3O5/c1-12-3-4-13(2)19(9-12)34-22-21(31)17-8-6-15(11-20(17)35-23(22)25(28,29)30)33-24(32)16-7-5-14(26)10-18(16)27/h3-11H,1-2H3. The maximum atomic E-state index is 13.8. The van der Waals surface area contributed by atoms with Gasteiger partial charge in [0.25, 0.3) is 5.76 Å². The molecule has 35 heavy (non-hydrogen) atoms. The van der Waals surface area contributed by atoms with Crippen LogP contribution in [0.4, 0.5) is 13.2 Å². The van der Waals surface area contributed by atoms with Gasteiger partial charge in [-0.05, 0) is 61.4 Å². The maximum Gasteiger partial charge on any atom is 0.453 e. The minimum absolute atomic E-state index is 0.00845. The highest BCUT2D eigenvalue weighted by Crippen LogP contribution is 2.39. The number of hydrogen-bond donors (Lipinski definition) is 0. The van der Waals surface area contributed by atoms with Crippen LogP contribution in [0, 0.1) is 13.8 Å². The lowest BCUT2D eigenvalue weighted by Gasteiger charge is -2.15. The number of aryl methyl sites for hydroxylation is 2. The highest BCUT2D eigenvalue weighted by Gasteiger charge is 2.40. The lowest BCUT2D eigenvalue weighted by Crippen LogP contribution is -2.16. The zero-order chi connectivity index (χ0) is 25.5. The minimum atomic E-state index is -5.04. The van der Waals surface area contributed by atoms with Crippen molar-refractivity contribution in [1.29, 1.82) is 0 Å². The molecule has 0 aliphatic heterocycles. The van der Waals surface area contributed by atoms with Crippen LogP contribution >= 0.6 is 23.2 Å². The summed E-state index contributed by atoms with van der Waals surface area (Å²) >= 11 is 11.8. The van der Waals surface area contributed by atoms with E-state index in [4.69, 9.17) is 37.1 Å². The van der Waals surface area contributed by atoms with Crippen molar-refractivity contribution >= 4 is 40.1 Å². The predicted octanol–water partition coefficient (Wildman–Crippen LogP) is 7.75. The summed E-state index contributed by atoms with van der Waals surface area (Å²) in [6.07, 6.45) is -5.04. The summed E-state index contributed by atoms with van der Waals surface area (Å²) in [6.45, 7) is 3.37. The Labute approximate surface area is 206 Å². The van der Waals surface area contributed by atoms with E-state index in [9.17, 15) is 22.8 Å². The molecule has 1 heterocycles. The van der Waals surface area contributed by atoms with Crippen LogP contribution in [0.25, 0.3) is 11.0 Å². The smallest absolute Gasteiger partial charge is 0.449 e. The third-order valence-corrected chi connectivity index (χ3v) is 5.54. The van der Waals surface area contributed by atoms with Crippen molar-refractivity contribution in [2.24, 2.45) is 0 Å². The van der Waals surface area contributed by atoms with Crippen molar-refractivity contribution in [3.05, 3.63) is 97.3 Å². The number of fused-ring (bicyclic) bond motifs is 1. The number of alkyl halides is 3. The molecule has 3 aromatic carbocycles. The van der Waals surface area contributed by atoms with Gasteiger partial charge in [0.15, 0.2) is 0 Å². The van der Waals surface area contributed by atoms with E-state index in [1.165, 1.54) is 36.4 Å². The average Bonchev–Trinajstić information content (AvgIpc) is 2.77. The summed E-state index contributed by atoms with van der Waals surface area (Å²) in [5.41, 5.74) is -0.213. The van der Waals surface area contributed by atoms with Gasteiger partial charge in [-0.15, -0.1) is 0 Å². The Hall–Kier alpha value is -3.49. The van der Waals surface area contributed by atoms with Gasteiger partial charge >= 0.3 is 12.1 Å². The Bertz CT molecular complexity index is 1530. The first-order chi connectivity index (χ1) is 16.4. The van der Waals surface area contributed by atoms with E-state index in [0.717, 1.165) is 11.6 Å². The fourth-order valence-electron chi connectivity index (χ4n) is 3.24. The van der Waals surface area contributed by atoms with E-state index in [1.54, 1.807) is 26.0 Å². The molecular formula is C25H15Cl2F3O5. The number of rotatable bonds is 4. The summed E-state index contributed by atoms with van der Waals surface area (Å²) in [6, 6.07) is 12.5. The first-order valence-electron chi connectivity index (χ1n) is 10.0. The van der Waals surface area contributed by atoms with Gasteiger partial charge in [-0.1, -0.05) is 35.3 Å². The molecule has 0 fully saturated rings. The Balaban J connectivity index is 1.77. The second kappa shape index (κ2) is 9.28. The van der Waals surface area contributed by atoms with Crippen LogP contribution in [0.3, 0.4) is 0 Å². The summed E-state index contributed by atoms with van der Waals surface area (Å²) in [5.74, 6) is -3.55. The van der Waals surface area contributed by atoms with Crippen molar-refractivity contribution < 1.29 is 31.9 Å². The SMILES string of the molecule is Cc1ccc(C)c(Oc2c(C(F)(F)F)oc3cc(OC(=O)c4ccc(Cl)cc4Cl)ccc3c2=O)c1. The molecule has 4 aromatic rings. The molecule has 1 aromatic heterocycles. The largest absolute Gasteiger partial charge is 0.453 e. The van der Waals surface area contributed by atoms with E-state index in [0.29, 0.717) is 10.6 Å². The van der Waals surface area contributed by atoms with Gasteiger partial charge in [-0.2, -0.15) is 13.2 Å². The monoisotopic (exact) mass is 522 g/mol. The molecular weight excluding hydrogens is 508 g/mol. The summed E-state index contributed by atoms with van der Waals surface area (Å²) < 4.78 is 57.2. The molecule has 0 N–H and O–H groups in total. The van der Waals surface area contributed by atoms with Crippen molar-refractivity contribution in [2.75, 3.05) is 0 Å². The molecule has 0 saturated heterocycles. The van der Waals surface area contributed by atoms with Gasteiger partial charge in [0.2, 0.25) is 11.2 Å². The molecule has 0 amide bonds. The fraction of sp³-hybridized carbons (Fsp3) is 0.120. The fourth-order valence-corrected chi connectivity index (χ4v) is 3.73. The van der Waals surface area contributed by atoms with Crippen LogP contribution in [0.2, 0.25) is 10.0 Å². The van der Waals surface area contributed by atoms with E-state index in [1.807, 2.05) is 0 Å². The highest BCUT2D eigenvalue weighted by atomic mass is 35.5. The number of benzene rings is 3. The summed E-state index contributed by atoms with van der Waals surface area (Å²) in [7, 11) is 0. The van der Waals surface area contributed by atoms with Crippen LogP contribution in [0.1, 0.15) is 27.2 Å². The number of esters is 1. The third-order valence-electron chi connectivity index (χ3n) is 5.00. The maximum absolute atomic E-state index is 13.8. The molecule has 0 aliphatic carbocycles. The third kappa shape index (κ3) is 5.13. The molecule has 0 spiro atoms. The van der Waals surface area contributed by atoms with Crippen molar-refractivity contribution in [2.45, 2.75) is 20.0 Å². The van der Waals surface area contributed by atoms with Gasteiger partial charge < -0.3 is 13.9 Å². The topological polar surface area (TPSA) is 65.7 Å². The van der Waals surface area contributed by atoms with E-state index >= 15 is 0 Å². The van der Waals surface area contributed by atoms with Crippen LogP contribution in [0.5, 0.6) is 17.2 Å². The van der Waals surface area contributed by atoms with Crippen molar-refractivity contribution in [3.63, 3.8) is 0 Å². The van der Waals surface area contributed by atoms with Gasteiger partial charge in [-0.25, -0.2) is 4.79 Å². The summed E-state index contributed by atoms with van der Waals surface area (Å²) in [5, 5.41) is 0.141. The number of hydrogen-bond acceptors (Lipinski definition) is 5. The van der Waals surface area contributed by atoms with E-state index in [-0.39, 0.29) is 27.5 Å². The number of halogens is 5. The molecule has 0 aliphatic rings. The van der Waals surface area contributed by atoms with Gasteiger partial charge in [0, 0.05) is 11.1 Å². The number of carbonyl (C=O) groups is 1. The van der Waals surface area contributed by atoms with E-state index < -0.39 is 34.7 Å². The molecule has 5 nitrogen and oxygen atoms in total. The summed E-state index contributed by atoms with van der Waals surface area (Å²) in [4.78, 5) is 25.5. The zero-order valence-corrected chi connectivity index (χ0v) is 19.6. The molecule has 4 rings (SSSR count). The Kier molecular flexibility index (Phi) is 6.53. The van der Waals surface area contributed by atoms with Crippen molar-refractivity contribution in [3.8, 4) is 17.2 Å². The molecule has 10 heteroatoms. The Morgan fingerprint density at radius 2 is 1.71 bits per heavy atom. The lowest BCUT2D eigenvalue weighted by atomic mass is 10.1. The minimum Gasteiger partial charge on any atom is -0.449 e. The normalized spacial score (nSPS) is 11.5. The number of ether oxygens (including phenoxy) is 2. The van der Waals surface area contributed by atoms with Crippen LogP contribution < -0.4 is 14.9 Å². The molecule has 0 radical (unpaired) electrons. The molecule has 0 saturated carbocycles. The first-order valence-corrected chi connectivity index (χ1v) is 10.8. The molecule has 0 bridgehead atoms.